The van der Waals surface area contributed by atoms with Gasteiger partial charge in [-0.1, -0.05) is 20.8 Å². The molecule has 0 radical (unpaired) electrons. The van der Waals surface area contributed by atoms with Gasteiger partial charge in [0.15, 0.2) is 0 Å². The second kappa shape index (κ2) is 6.80. The van der Waals surface area contributed by atoms with E-state index in [1.165, 1.54) is 18.2 Å². The van der Waals surface area contributed by atoms with Crippen molar-refractivity contribution in [2.24, 2.45) is 0 Å². The lowest BCUT2D eigenvalue weighted by molar-refractivity contribution is -0.116. The fraction of sp³-hybridized carbons (Fsp3) is 0.500. The molecule has 1 rings (SSSR count). The summed E-state index contributed by atoms with van der Waals surface area (Å²) in [5, 5.41) is 2.70. The van der Waals surface area contributed by atoms with Gasteiger partial charge >= 0.3 is 0 Å². The first-order valence-corrected chi connectivity index (χ1v) is 7.25. The summed E-state index contributed by atoms with van der Waals surface area (Å²) >= 11 is 1.83. The van der Waals surface area contributed by atoms with Crippen molar-refractivity contribution in [1.29, 1.82) is 0 Å². The summed E-state index contributed by atoms with van der Waals surface area (Å²) in [7, 11) is 0. The van der Waals surface area contributed by atoms with Gasteiger partial charge in [0, 0.05) is 11.2 Å². The number of thioether (sulfide) groups is 1. The third-order valence-electron chi connectivity index (χ3n) is 2.37. The molecule has 1 aromatic rings. The zero-order valence-electron chi connectivity index (χ0n) is 11.6. The number of hydrogen-bond acceptors (Lipinski definition) is 3. The molecule has 1 aromatic carbocycles. The van der Waals surface area contributed by atoms with Crippen LogP contribution in [-0.4, -0.2) is 16.4 Å². The summed E-state index contributed by atoms with van der Waals surface area (Å²) in [6.07, 6.45) is 1.26. The van der Waals surface area contributed by atoms with Crippen molar-refractivity contribution in [3.05, 3.63) is 24.0 Å². The van der Waals surface area contributed by atoms with E-state index >= 15 is 0 Å². The lowest BCUT2D eigenvalue weighted by Crippen LogP contribution is -2.14. The maximum atomic E-state index is 12.8. The predicted octanol–water partition coefficient (Wildman–Crippen LogP) is 3.66. The number of rotatable bonds is 5. The second-order valence-corrected chi connectivity index (χ2v) is 7.27. The summed E-state index contributed by atoms with van der Waals surface area (Å²) < 4.78 is 13.1. The maximum absolute atomic E-state index is 12.8. The first kappa shape index (κ1) is 15.8. The van der Waals surface area contributed by atoms with Crippen LogP contribution < -0.4 is 11.1 Å². The number of carbonyl (C=O) groups is 1. The zero-order chi connectivity index (χ0) is 14.5. The minimum Gasteiger partial charge on any atom is -0.397 e. The van der Waals surface area contributed by atoms with Gasteiger partial charge < -0.3 is 11.1 Å². The number of carbonyl (C=O) groups excluding carboxylic acids is 1. The summed E-state index contributed by atoms with van der Waals surface area (Å²) in [5.41, 5.74) is 6.34. The first-order chi connectivity index (χ1) is 8.78. The fourth-order valence-corrected chi connectivity index (χ4v) is 2.37. The van der Waals surface area contributed by atoms with Gasteiger partial charge in [-0.2, -0.15) is 11.8 Å². The average Bonchev–Trinajstić information content (AvgIpc) is 2.27. The Kier molecular flexibility index (Phi) is 5.66. The highest BCUT2D eigenvalue weighted by Gasteiger charge is 2.11. The highest BCUT2D eigenvalue weighted by atomic mass is 32.2. The van der Waals surface area contributed by atoms with Gasteiger partial charge in [0.1, 0.15) is 5.82 Å². The fourth-order valence-electron chi connectivity index (χ4n) is 1.47. The minimum absolute atomic E-state index is 0.0900. The molecule has 1 amide bonds. The summed E-state index contributed by atoms with van der Waals surface area (Å²) in [6, 6.07) is 3.96. The average molecular weight is 284 g/mol. The number of nitrogens with one attached hydrogen (secondary N) is 1. The van der Waals surface area contributed by atoms with E-state index in [1.54, 1.807) is 0 Å². The Morgan fingerprint density at radius 3 is 2.68 bits per heavy atom. The summed E-state index contributed by atoms with van der Waals surface area (Å²) in [5.74, 6) is 0.445. The smallest absolute Gasteiger partial charge is 0.224 e. The zero-order valence-corrected chi connectivity index (χ0v) is 12.4. The highest BCUT2D eigenvalue weighted by molar-refractivity contribution is 8.00. The van der Waals surface area contributed by atoms with E-state index in [-0.39, 0.29) is 16.3 Å². The molecule has 0 saturated carbocycles. The number of halogens is 1. The molecule has 0 heterocycles. The van der Waals surface area contributed by atoms with Gasteiger partial charge in [-0.15, -0.1) is 0 Å². The monoisotopic (exact) mass is 284 g/mol. The molecule has 19 heavy (non-hydrogen) atoms. The molecule has 0 unspecified atom stereocenters. The molecule has 0 fully saturated rings. The molecule has 106 valence electrons. The van der Waals surface area contributed by atoms with Crippen molar-refractivity contribution in [1.82, 2.24) is 0 Å². The van der Waals surface area contributed by atoms with E-state index in [4.69, 9.17) is 5.73 Å². The highest BCUT2D eigenvalue weighted by Crippen LogP contribution is 2.24. The predicted molar refractivity (Wildman–Crippen MR) is 80.9 cm³/mol. The molecule has 5 heteroatoms. The van der Waals surface area contributed by atoms with Gasteiger partial charge in [-0.05, 0) is 30.4 Å². The number of nitrogens with two attached hydrogens (primary N) is 1. The Bertz CT molecular complexity index is 444. The summed E-state index contributed by atoms with van der Waals surface area (Å²) in [4.78, 5) is 11.7. The van der Waals surface area contributed by atoms with Crippen molar-refractivity contribution in [2.45, 2.75) is 38.4 Å². The van der Waals surface area contributed by atoms with Crippen LogP contribution in [0.3, 0.4) is 0 Å². The quantitative estimate of drug-likeness (QED) is 0.641. The van der Waals surface area contributed by atoms with E-state index < -0.39 is 5.82 Å². The molecular formula is C14H21FN2OS. The van der Waals surface area contributed by atoms with Crippen LogP contribution in [0.25, 0.3) is 0 Å². The third kappa shape index (κ3) is 6.47. The van der Waals surface area contributed by atoms with Gasteiger partial charge in [-0.3, -0.25) is 4.79 Å². The molecule has 3 nitrogen and oxygen atoms in total. The van der Waals surface area contributed by atoms with Crippen molar-refractivity contribution in [2.75, 3.05) is 16.8 Å². The normalized spacial score (nSPS) is 11.4. The van der Waals surface area contributed by atoms with Crippen LogP contribution in [0, 0.1) is 5.82 Å². The van der Waals surface area contributed by atoms with Crippen LogP contribution in [-0.2, 0) is 4.79 Å². The second-order valence-electron chi connectivity index (χ2n) is 5.34. The minimum atomic E-state index is -0.405. The van der Waals surface area contributed by atoms with Crippen LogP contribution in [0.4, 0.5) is 15.8 Å². The molecule has 0 atom stereocenters. The van der Waals surface area contributed by atoms with E-state index in [1.807, 2.05) is 11.8 Å². The lowest BCUT2D eigenvalue weighted by atomic mass is 10.2. The molecular weight excluding hydrogens is 263 g/mol. The Hall–Kier alpha value is -1.23. The van der Waals surface area contributed by atoms with E-state index in [9.17, 15) is 9.18 Å². The maximum Gasteiger partial charge on any atom is 0.224 e. The lowest BCUT2D eigenvalue weighted by Gasteiger charge is -2.17. The van der Waals surface area contributed by atoms with Crippen LogP contribution in [0.15, 0.2) is 18.2 Å². The van der Waals surface area contributed by atoms with Crippen molar-refractivity contribution in [3.8, 4) is 0 Å². The molecule has 0 bridgehead atoms. The van der Waals surface area contributed by atoms with Crippen LogP contribution in [0.1, 0.15) is 33.6 Å². The molecule has 0 aliphatic carbocycles. The largest absolute Gasteiger partial charge is 0.397 e. The van der Waals surface area contributed by atoms with Crippen LogP contribution in [0.2, 0.25) is 0 Å². The summed E-state index contributed by atoms with van der Waals surface area (Å²) in [6.45, 7) is 6.45. The van der Waals surface area contributed by atoms with Gasteiger partial charge in [0.05, 0.1) is 11.4 Å². The standard InChI is InChI=1S/C14H21FN2OS/c1-14(2,3)19-8-4-5-13(18)17-12-7-6-10(15)9-11(12)16/h6-7,9H,4-5,8,16H2,1-3H3,(H,17,18). The van der Waals surface area contributed by atoms with Gasteiger partial charge in [-0.25, -0.2) is 4.39 Å². The van der Waals surface area contributed by atoms with Crippen molar-refractivity contribution < 1.29 is 9.18 Å². The molecule has 3 N–H and O–H groups in total. The van der Waals surface area contributed by atoms with E-state index in [0.717, 1.165) is 12.2 Å². The van der Waals surface area contributed by atoms with Crippen molar-refractivity contribution >= 4 is 29.0 Å². The SMILES string of the molecule is CC(C)(C)SCCCC(=O)Nc1ccc(F)cc1N. The van der Waals surface area contributed by atoms with Crippen LogP contribution in [0.5, 0.6) is 0 Å². The Balaban J connectivity index is 2.35. The van der Waals surface area contributed by atoms with Gasteiger partial charge in [0.25, 0.3) is 0 Å². The Morgan fingerprint density at radius 1 is 1.42 bits per heavy atom. The van der Waals surface area contributed by atoms with E-state index in [0.29, 0.717) is 12.1 Å². The number of hydrogen-bond donors (Lipinski definition) is 2. The first-order valence-electron chi connectivity index (χ1n) is 6.27. The molecule has 0 aromatic heterocycles. The van der Waals surface area contributed by atoms with Crippen LogP contribution >= 0.6 is 11.8 Å². The number of nitrogen functional groups attached to an aromatic ring is 1. The molecule has 0 spiro atoms. The van der Waals surface area contributed by atoms with Gasteiger partial charge in [0.2, 0.25) is 5.91 Å². The molecule has 0 saturated heterocycles. The molecule has 0 aliphatic heterocycles. The Labute approximate surface area is 118 Å². The van der Waals surface area contributed by atoms with Crippen molar-refractivity contribution in [3.63, 3.8) is 0 Å². The number of anilines is 2. The third-order valence-corrected chi connectivity index (χ3v) is 3.73. The number of benzene rings is 1. The topological polar surface area (TPSA) is 55.1 Å². The van der Waals surface area contributed by atoms with E-state index in [2.05, 4.69) is 26.1 Å². The molecule has 0 aliphatic rings. The Morgan fingerprint density at radius 2 is 2.11 bits per heavy atom. The number of amides is 1.